The van der Waals surface area contributed by atoms with Crippen molar-refractivity contribution in [2.45, 2.75) is 26.9 Å². The van der Waals surface area contributed by atoms with Crippen LogP contribution in [0, 0.1) is 3.57 Å². The molecule has 0 radical (unpaired) electrons. The standard InChI is InChI=1S/C23H23IN2O5S/c1-4-30-19-11-15(5-10-18(19)31-14(2)3)12-20-22(28)26(23(29)32-20)13-21(27)25-17-8-6-16(24)7-9-17/h5-12,14H,4,13H2,1-3H3,(H,25,27)/b20-12+. The highest BCUT2D eigenvalue weighted by Gasteiger charge is 2.36. The molecule has 7 nitrogen and oxygen atoms in total. The molecule has 0 bridgehead atoms. The molecule has 0 saturated carbocycles. The van der Waals surface area contributed by atoms with E-state index in [9.17, 15) is 14.4 Å². The normalized spacial score (nSPS) is 14.9. The van der Waals surface area contributed by atoms with Crippen LogP contribution in [0.3, 0.4) is 0 Å². The monoisotopic (exact) mass is 566 g/mol. The number of thioether (sulfide) groups is 1. The van der Waals surface area contributed by atoms with Crippen LogP contribution in [0.4, 0.5) is 10.5 Å². The maximum atomic E-state index is 12.8. The Morgan fingerprint density at radius 1 is 1.16 bits per heavy atom. The average Bonchev–Trinajstić information content (AvgIpc) is 2.99. The van der Waals surface area contributed by atoms with Crippen molar-refractivity contribution in [3.05, 3.63) is 56.5 Å². The lowest BCUT2D eigenvalue weighted by Crippen LogP contribution is -2.36. The molecule has 1 heterocycles. The number of rotatable bonds is 8. The van der Waals surface area contributed by atoms with Gasteiger partial charge in [-0.25, -0.2) is 0 Å². The summed E-state index contributed by atoms with van der Waals surface area (Å²) in [5, 5.41) is 2.21. The van der Waals surface area contributed by atoms with E-state index in [-0.39, 0.29) is 17.6 Å². The molecule has 2 aromatic carbocycles. The zero-order valence-corrected chi connectivity index (χ0v) is 20.9. The number of carbonyl (C=O) groups excluding carboxylic acids is 3. The average molecular weight is 566 g/mol. The van der Waals surface area contributed by atoms with Gasteiger partial charge in [0.05, 0.1) is 17.6 Å². The van der Waals surface area contributed by atoms with Crippen molar-refractivity contribution in [2.24, 2.45) is 0 Å². The molecule has 1 saturated heterocycles. The zero-order valence-electron chi connectivity index (χ0n) is 17.9. The Hall–Kier alpha value is -2.53. The Bertz CT molecular complexity index is 1050. The fourth-order valence-electron chi connectivity index (χ4n) is 2.90. The molecular formula is C23H23IN2O5S. The first-order valence-corrected chi connectivity index (χ1v) is 11.9. The Balaban J connectivity index is 1.72. The highest BCUT2D eigenvalue weighted by atomic mass is 127. The molecule has 1 fully saturated rings. The van der Waals surface area contributed by atoms with E-state index in [1.165, 1.54) is 0 Å². The van der Waals surface area contributed by atoms with E-state index >= 15 is 0 Å². The van der Waals surface area contributed by atoms with Crippen LogP contribution in [0.2, 0.25) is 0 Å². The second-order valence-electron chi connectivity index (χ2n) is 7.13. The Morgan fingerprint density at radius 3 is 2.53 bits per heavy atom. The number of nitrogens with one attached hydrogen (secondary N) is 1. The van der Waals surface area contributed by atoms with E-state index < -0.39 is 17.1 Å². The van der Waals surface area contributed by atoms with Gasteiger partial charge in [0.2, 0.25) is 5.91 Å². The predicted octanol–water partition coefficient (Wildman–Crippen LogP) is 5.15. The summed E-state index contributed by atoms with van der Waals surface area (Å²) < 4.78 is 12.4. The van der Waals surface area contributed by atoms with Gasteiger partial charge in [-0.1, -0.05) is 6.07 Å². The summed E-state index contributed by atoms with van der Waals surface area (Å²) in [6.45, 7) is 5.84. The van der Waals surface area contributed by atoms with Crippen LogP contribution in [0.5, 0.6) is 11.5 Å². The third-order valence-corrected chi connectivity index (χ3v) is 5.86. The van der Waals surface area contributed by atoms with Gasteiger partial charge in [0.1, 0.15) is 6.54 Å². The van der Waals surface area contributed by atoms with Crippen molar-refractivity contribution in [1.82, 2.24) is 4.90 Å². The van der Waals surface area contributed by atoms with E-state index in [2.05, 4.69) is 27.9 Å². The molecule has 0 unspecified atom stereocenters. The van der Waals surface area contributed by atoms with Crippen molar-refractivity contribution >= 4 is 63.2 Å². The molecule has 3 rings (SSSR count). The first kappa shape index (κ1) is 24.1. The highest BCUT2D eigenvalue weighted by Crippen LogP contribution is 2.35. The van der Waals surface area contributed by atoms with E-state index in [0.717, 1.165) is 20.2 Å². The molecule has 32 heavy (non-hydrogen) atoms. The summed E-state index contributed by atoms with van der Waals surface area (Å²) in [4.78, 5) is 38.6. The molecule has 1 N–H and O–H groups in total. The molecule has 0 aromatic heterocycles. The molecule has 0 aliphatic carbocycles. The molecule has 3 amide bonds. The van der Waals surface area contributed by atoms with Gasteiger partial charge in [-0.3, -0.25) is 19.3 Å². The minimum absolute atomic E-state index is 0.0118. The lowest BCUT2D eigenvalue weighted by atomic mass is 10.1. The third kappa shape index (κ3) is 6.26. The van der Waals surface area contributed by atoms with Crippen molar-refractivity contribution in [3.8, 4) is 11.5 Å². The second kappa shape index (κ2) is 10.9. The molecule has 168 valence electrons. The van der Waals surface area contributed by atoms with Gasteiger partial charge < -0.3 is 14.8 Å². The van der Waals surface area contributed by atoms with Crippen LogP contribution < -0.4 is 14.8 Å². The minimum atomic E-state index is -0.502. The molecule has 0 spiro atoms. The van der Waals surface area contributed by atoms with Crippen molar-refractivity contribution in [2.75, 3.05) is 18.5 Å². The van der Waals surface area contributed by atoms with Gasteiger partial charge in [0.25, 0.3) is 11.1 Å². The van der Waals surface area contributed by atoms with Gasteiger partial charge in [0, 0.05) is 9.26 Å². The van der Waals surface area contributed by atoms with Crippen molar-refractivity contribution < 1.29 is 23.9 Å². The number of carbonyl (C=O) groups is 3. The van der Waals surface area contributed by atoms with Gasteiger partial charge in [-0.2, -0.15) is 0 Å². The molecule has 0 atom stereocenters. The van der Waals surface area contributed by atoms with Crippen LogP contribution in [0.1, 0.15) is 26.3 Å². The second-order valence-corrected chi connectivity index (χ2v) is 9.37. The van der Waals surface area contributed by atoms with Crippen LogP contribution in [0.15, 0.2) is 47.4 Å². The first-order valence-electron chi connectivity index (χ1n) is 10.0. The first-order chi connectivity index (χ1) is 15.3. The number of imide groups is 1. The minimum Gasteiger partial charge on any atom is -0.490 e. The van der Waals surface area contributed by atoms with Crippen LogP contribution in [-0.4, -0.2) is 41.2 Å². The number of ether oxygens (including phenoxy) is 2. The lowest BCUT2D eigenvalue weighted by Gasteiger charge is -2.15. The van der Waals surface area contributed by atoms with Gasteiger partial charge in [-0.05, 0) is 103 Å². The Kier molecular flexibility index (Phi) is 8.19. The van der Waals surface area contributed by atoms with Crippen molar-refractivity contribution in [1.29, 1.82) is 0 Å². The summed E-state index contributed by atoms with van der Waals surface area (Å²) in [6.07, 6.45) is 1.60. The number of hydrogen-bond donors (Lipinski definition) is 1. The van der Waals surface area contributed by atoms with Crippen LogP contribution in [0.25, 0.3) is 6.08 Å². The predicted molar refractivity (Wildman–Crippen MR) is 134 cm³/mol. The highest BCUT2D eigenvalue weighted by molar-refractivity contribution is 14.1. The van der Waals surface area contributed by atoms with Crippen molar-refractivity contribution in [3.63, 3.8) is 0 Å². The van der Waals surface area contributed by atoms with E-state index in [0.29, 0.717) is 29.4 Å². The lowest BCUT2D eigenvalue weighted by molar-refractivity contribution is -0.127. The maximum Gasteiger partial charge on any atom is 0.294 e. The summed E-state index contributed by atoms with van der Waals surface area (Å²) in [5.41, 5.74) is 1.29. The van der Waals surface area contributed by atoms with E-state index in [1.807, 2.05) is 32.9 Å². The van der Waals surface area contributed by atoms with Crippen LogP contribution >= 0.6 is 34.4 Å². The molecule has 1 aliphatic rings. The number of hydrogen-bond acceptors (Lipinski definition) is 6. The fraction of sp³-hybridized carbons (Fsp3) is 0.261. The van der Waals surface area contributed by atoms with E-state index in [4.69, 9.17) is 9.47 Å². The maximum absolute atomic E-state index is 12.8. The summed E-state index contributed by atoms with van der Waals surface area (Å²) >= 11 is 2.97. The molecule has 1 aliphatic heterocycles. The molecule has 2 aromatic rings. The zero-order chi connectivity index (χ0) is 23.3. The Morgan fingerprint density at radius 2 is 1.88 bits per heavy atom. The van der Waals surface area contributed by atoms with Gasteiger partial charge in [-0.15, -0.1) is 0 Å². The Labute approximate surface area is 204 Å². The number of benzene rings is 2. The van der Waals surface area contributed by atoms with Gasteiger partial charge in [0.15, 0.2) is 11.5 Å². The van der Waals surface area contributed by atoms with Crippen LogP contribution in [-0.2, 0) is 9.59 Å². The number of amides is 3. The number of nitrogens with zero attached hydrogens (tertiary/aromatic N) is 1. The SMILES string of the molecule is CCOc1cc(/C=C2/SC(=O)N(CC(=O)Nc3ccc(I)cc3)C2=O)ccc1OC(C)C. The topological polar surface area (TPSA) is 84.9 Å². The third-order valence-electron chi connectivity index (χ3n) is 4.23. The smallest absolute Gasteiger partial charge is 0.294 e. The largest absolute Gasteiger partial charge is 0.490 e. The number of halogens is 1. The van der Waals surface area contributed by atoms with E-state index in [1.54, 1.807) is 36.4 Å². The molecular weight excluding hydrogens is 543 g/mol. The quantitative estimate of drug-likeness (QED) is 0.352. The fourth-order valence-corrected chi connectivity index (χ4v) is 4.10. The van der Waals surface area contributed by atoms with Gasteiger partial charge >= 0.3 is 0 Å². The summed E-state index contributed by atoms with van der Waals surface area (Å²) in [7, 11) is 0. The summed E-state index contributed by atoms with van der Waals surface area (Å²) in [6, 6.07) is 12.6. The summed E-state index contributed by atoms with van der Waals surface area (Å²) in [5.74, 6) is 0.229. The number of anilines is 1. The molecule has 9 heteroatoms.